The predicted molar refractivity (Wildman–Crippen MR) is 88.5 cm³/mol. The van der Waals surface area contributed by atoms with Crippen LogP contribution in [0.4, 0.5) is 0 Å². The van der Waals surface area contributed by atoms with Crippen molar-refractivity contribution in [3.8, 4) is 11.1 Å². The van der Waals surface area contributed by atoms with E-state index >= 15 is 0 Å². The standard InChI is InChI=1S/C19H15NO3/c1-2-22-19(21)17-16(20-17)18-15(12-8-4-3-5-9-12)13-10-6-7-11-14(13)23-18/h3-11,16H,2H2,1H3. The summed E-state index contributed by atoms with van der Waals surface area (Å²) < 4.78 is 11.0. The molecule has 1 aliphatic heterocycles. The van der Waals surface area contributed by atoms with Gasteiger partial charge < -0.3 is 9.15 Å². The SMILES string of the molecule is CCOC(=O)C1=NC1c1oc2ccccc2c1-c1ccccc1. The minimum Gasteiger partial charge on any atom is -0.461 e. The molecular formula is C19H15NO3. The van der Waals surface area contributed by atoms with Crippen molar-refractivity contribution in [1.29, 1.82) is 0 Å². The number of carbonyl (C=O) groups is 1. The third-order valence-electron chi connectivity index (χ3n) is 3.88. The normalized spacial score (nSPS) is 16.2. The Hall–Kier alpha value is -2.88. The number of nitrogens with zero attached hydrogens (tertiary/aromatic N) is 1. The third kappa shape index (κ3) is 2.32. The molecule has 2 heterocycles. The van der Waals surface area contributed by atoms with E-state index in [0.29, 0.717) is 18.1 Å². The molecule has 0 aliphatic carbocycles. The monoisotopic (exact) mass is 305 g/mol. The maximum absolute atomic E-state index is 11.9. The molecule has 0 saturated carbocycles. The van der Waals surface area contributed by atoms with Crippen LogP contribution in [-0.4, -0.2) is 18.3 Å². The lowest BCUT2D eigenvalue weighted by Gasteiger charge is -2.02. The first-order chi connectivity index (χ1) is 11.3. The van der Waals surface area contributed by atoms with Crippen LogP contribution in [-0.2, 0) is 9.53 Å². The summed E-state index contributed by atoms with van der Waals surface area (Å²) in [6.45, 7) is 2.13. The smallest absolute Gasteiger partial charge is 0.355 e. The van der Waals surface area contributed by atoms with Gasteiger partial charge in [0.15, 0.2) is 11.8 Å². The lowest BCUT2D eigenvalue weighted by atomic mass is 10.00. The maximum atomic E-state index is 11.9. The van der Waals surface area contributed by atoms with Crippen LogP contribution in [0.25, 0.3) is 22.1 Å². The number of fused-ring (bicyclic) bond motifs is 1. The highest BCUT2D eigenvalue weighted by molar-refractivity contribution is 6.44. The number of hydrogen-bond donors (Lipinski definition) is 0. The summed E-state index contributed by atoms with van der Waals surface area (Å²) >= 11 is 0. The molecule has 23 heavy (non-hydrogen) atoms. The van der Waals surface area contributed by atoms with E-state index in [-0.39, 0.29) is 12.0 Å². The molecule has 1 atom stereocenters. The number of aliphatic imine (C=N–C) groups is 1. The van der Waals surface area contributed by atoms with E-state index in [2.05, 4.69) is 4.99 Å². The van der Waals surface area contributed by atoms with Crippen LogP contribution >= 0.6 is 0 Å². The highest BCUT2D eigenvalue weighted by Crippen LogP contribution is 2.43. The van der Waals surface area contributed by atoms with Gasteiger partial charge in [0.25, 0.3) is 0 Å². The molecule has 2 aromatic carbocycles. The lowest BCUT2D eigenvalue weighted by molar-refractivity contribution is -0.134. The first kappa shape index (κ1) is 13.8. The van der Waals surface area contributed by atoms with E-state index in [9.17, 15) is 4.79 Å². The van der Waals surface area contributed by atoms with Crippen molar-refractivity contribution in [2.75, 3.05) is 6.61 Å². The Morgan fingerprint density at radius 3 is 2.65 bits per heavy atom. The number of furan rings is 1. The van der Waals surface area contributed by atoms with E-state index < -0.39 is 0 Å². The van der Waals surface area contributed by atoms with Gasteiger partial charge in [-0.05, 0) is 18.6 Å². The van der Waals surface area contributed by atoms with Crippen LogP contribution in [0.15, 0.2) is 64.0 Å². The van der Waals surface area contributed by atoms with E-state index in [1.807, 2.05) is 54.6 Å². The molecule has 0 fully saturated rings. The number of benzene rings is 2. The van der Waals surface area contributed by atoms with Crippen molar-refractivity contribution in [3.63, 3.8) is 0 Å². The fourth-order valence-corrected chi connectivity index (χ4v) is 2.81. The molecule has 4 nitrogen and oxygen atoms in total. The van der Waals surface area contributed by atoms with E-state index in [0.717, 1.165) is 22.1 Å². The molecule has 4 rings (SSSR count). The van der Waals surface area contributed by atoms with Crippen molar-refractivity contribution >= 4 is 22.7 Å². The highest BCUT2D eigenvalue weighted by atomic mass is 16.5. The summed E-state index contributed by atoms with van der Waals surface area (Å²) in [6.07, 6.45) is 0. The molecule has 0 N–H and O–H groups in total. The quantitative estimate of drug-likeness (QED) is 0.680. The Labute approximate surface area is 133 Å². The van der Waals surface area contributed by atoms with Gasteiger partial charge in [-0.25, -0.2) is 4.79 Å². The summed E-state index contributed by atoms with van der Waals surface area (Å²) in [5.41, 5.74) is 3.28. The zero-order valence-electron chi connectivity index (χ0n) is 12.7. The third-order valence-corrected chi connectivity index (χ3v) is 3.88. The van der Waals surface area contributed by atoms with E-state index in [1.54, 1.807) is 6.92 Å². The predicted octanol–water partition coefficient (Wildman–Crippen LogP) is 4.16. The summed E-state index contributed by atoms with van der Waals surface area (Å²) in [5.74, 6) is 0.345. The minimum atomic E-state index is -0.364. The zero-order chi connectivity index (χ0) is 15.8. The molecule has 0 bridgehead atoms. The molecule has 0 amide bonds. The lowest BCUT2D eigenvalue weighted by Crippen LogP contribution is -2.11. The molecule has 114 valence electrons. The average Bonchev–Trinajstić information content (AvgIpc) is 3.29. The van der Waals surface area contributed by atoms with Gasteiger partial charge in [0.2, 0.25) is 0 Å². The van der Waals surface area contributed by atoms with E-state index in [4.69, 9.17) is 9.15 Å². The number of carbonyl (C=O) groups excluding carboxylic acids is 1. The largest absolute Gasteiger partial charge is 0.461 e. The average molecular weight is 305 g/mol. The van der Waals surface area contributed by atoms with Crippen molar-refractivity contribution in [2.24, 2.45) is 4.99 Å². The van der Waals surface area contributed by atoms with Gasteiger partial charge in [0.1, 0.15) is 11.3 Å². The second kappa shape index (κ2) is 5.39. The van der Waals surface area contributed by atoms with Gasteiger partial charge in [-0.1, -0.05) is 48.5 Å². The molecule has 0 radical (unpaired) electrons. The summed E-state index contributed by atoms with van der Waals surface area (Å²) in [5, 5.41) is 1.03. The van der Waals surface area contributed by atoms with Crippen LogP contribution in [0.1, 0.15) is 18.7 Å². The van der Waals surface area contributed by atoms with Crippen molar-refractivity contribution in [3.05, 3.63) is 60.4 Å². The maximum Gasteiger partial charge on any atom is 0.355 e. The van der Waals surface area contributed by atoms with Gasteiger partial charge in [0.05, 0.1) is 6.61 Å². The van der Waals surface area contributed by atoms with Gasteiger partial charge in [-0.3, -0.25) is 4.99 Å². The van der Waals surface area contributed by atoms with Crippen LogP contribution in [0.5, 0.6) is 0 Å². The van der Waals surface area contributed by atoms with Crippen molar-refractivity contribution < 1.29 is 13.9 Å². The number of para-hydroxylation sites is 1. The Bertz CT molecular complexity index is 909. The van der Waals surface area contributed by atoms with Crippen molar-refractivity contribution in [1.82, 2.24) is 0 Å². The van der Waals surface area contributed by atoms with Crippen LogP contribution in [0.3, 0.4) is 0 Å². The Morgan fingerprint density at radius 2 is 1.87 bits per heavy atom. The number of esters is 1. The second-order valence-electron chi connectivity index (χ2n) is 5.34. The molecule has 1 aliphatic rings. The number of rotatable bonds is 4. The summed E-state index contributed by atoms with van der Waals surface area (Å²) in [7, 11) is 0. The topological polar surface area (TPSA) is 51.8 Å². The summed E-state index contributed by atoms with van der Waals surface area (Å²) in [6, 6.07) is 17.6. The molecule has 1 unspecified atom stereocenters. The minimum absolute atomic E-state index is 0.336. The van der Waals surface area contributed by atoms with Gasteiger partial charge >= 0.3 is 5.97 Å². The Morgan fingerprint density at radius 1 is 1.13 bits per heavy atom. The molecule has 4 heteroatoms. The Balaban J connectivity index is 1.81. The zero-order valence-corrected chi connectivity index (χ0v) is 12.7. The molecule has 0 spiro atoms. The van der Waals surface area contributed by atoms with E-state index in [1.165, 1.54) is 0 Å². The van der Waals surface area contributed by atoms with Crippen LogP contribution < -0.4 is 0 Å². The first-order valence-electron chi connectivity index (χ1n) is 7.61. The molecule has 1 aromatic heterocycles. The van der Waals surface area contributed by atoms with Crippen LogP contribution in [0.2, 0.25) is 0 Å². The van der Waals surface area contributed by atoms with Crippen molar-refractivity contribution in [2.45, 2.75) is 13.0 Å². The highest BCUT2D eigenvalue weighted by Gasteiger charge is 2.41. The van der Waals surface area contributed by atoms with Gasteiger partial charge in [0, 0.05) is 10.9 Å². The fraction of sp³-hybridized carbons (Fsp3) is 0.158. The second-order valence-corrected chi connectivity index (χ2v) is 5.34. The Kier molecular flexibility index (Phi) is 3.23. The van der Waals surface area contributed by atoms with Gasteiger partial charge in [-0.15, -0.1) is 0 Å². The van der Waals surface area contributed by atoms with Crippen LogP contribution in [0, 0.1) is 0 Å². The fourth-order valence-electron chi connectivity index (χ4n) is 2.81. The number of ether oxygens (including phenoxy) is 1. The number of hydrogen-bond acceptors (Lipinski definition) is 4. The molecule has 3 aromatic rings. The summed E-state index contributed by atoms with van der Waals surface area (Å²) in [4.78, 5) is 16.1. The van der Waals surface area contributed by atoms with Gasteiger partial charge in [-0.2, -0.15) is 0 Å². The first-order valence-corrected chi connectivity index (χ1v) is 7.61. The molecule has 0 saturated heterocycles. The molecular weight excluding hydrogens is 290 g/mol.